The Hall–Kier alpha value is -1.92. The highest BCUT2D eigenvalue weighted by atomic mass is 79.9. The van der Waals surface area contributed by atoms with Crippen LogP contribution in [0.25, 0.3) is 0 Å². The van der Waals surface area contributed by atoms with Gasteiger partial charge in [-0.25, -0.2) is 4.98 Å². The molecule has 0 atom stereocenters. The van der Waals surface area contributed by atoms with Gasteiger partial charge in [0.2, 0.25) is 0 Å². The van der Waals surface area contributed by atoms with E-state index >= 15 is 0 Å². The van der Waals surface area contributed by atoms with Crippen LogP contribution >= 0.6 is 15.9 Å². The van der Waals surface area contributed by atoms with Crippen molar-refractivity contribution < 1.29 is 14.7 Å². The van der Waals surface area contributed by atoms with Crippen molar-refractivity contribution in [3.05, 3.63) is 52.6 Å². The van der Waals surface area contributed by atoms with Crippen molar-refractivity contribution in [3.8, 4) is 0 Å². The molecule has 0 aliphatic carbocycles. The Bertz CT molecular complexity index is 699. The smallest absolute Gasteiger partial charge is 0.279 e. The van der Waals surface area contributed by atoms with E-state index in [-0.39, 0.29) is 5.91 Å². The molecular formula is C18H23BrN4O+2. The molecule has 0 bridgehead atoms. The fourth-order valence-electron chi connectivity index (χ4n) is 2.96. The fourth-order valence-corrected chi connectivity index (χ4v) is 3.56. The van der Waals surface area contributed by atoms with Gasteiger partial charge in [-0.05, 0) is 46.6 Å². The number of anilines is 2. The number of aryl methyl sites for hydroxylation is 1. The van der Waals surface area contributed by atoms with Crippen LogP contribution in [0.15, 0.2) is 47.1 Å². The molecular weight excluding hydrogens is 368 g/mol. The van der Waals surface area contributed by atoms with Gasteiger partial charge >= 0.3 is 0 Å². The SMILES string of the molecule is Cc1ccc(NC(=O)C[NH+]2CCN(c3cccc[nH+]3)CC2)c(Br)c1. The van der Waals surface area contributed by atoms with Gasteiger partial charge < -0.3 is 10.2 Å². The van der Waals surface area contributed by atoms with Gasteiger partial charge in [-0.1, -0.05) is 12.1 Å². The predicted octanol–water partition coefficient (Wildman–Crippen LogP) is 0.915. The number of quaternary nitrogens is 1. The van der Waals surface area contributed by atoms with E-state index in [1.54, 1.807) is 0 Å². The summed E-state index contributed by atoms with van der Waals surface area (Å²) >= 11 is 3.50. The molecule has 1 amide bonds. The molecule has 5 nitrogen and oxygen atoms in total. The van der Waals surface area contributed by atoms with Gasteiger partial charge in [-0.2, -0.15) is 0 Å². The Morgan fingerprint density at radius 3 is 2.75 bits per heavy atom. The molecule has 24 heavy (non-hydrogen) atoms. The number of hydrogen-bond donors (Lipinski definition) is 2. The molecule has 3 N–H and O–H groups in total. The van der Waals surface area contributed by atoms with Gasteiger partial charge in [0.15, 0.2) is 6.54 Å². The van der Waals surface area contributed by atoms with Gasteiger partial charge in [-0.15, -0.1) is 0 Å². The summed E-state index contributed by atoms with van der Waals surface area (Å²) in [6, 6.07) is 12.1. The maximum Gasteiger partial charge on any atom is 0.279 e. The van der Waals surface area contributed by atoms with Crippen molar-refractivity contribution in [2.45, 2.75) is 6.92 Å². The minimum Gasteiger partial charge on any atom is -0.321 e. The minimum absolute atomic E-state index is 0.0641. The Morgan fingerprint density at radius 1 is 1.29 bits per heavy atom. The first-order chi connectivity index (χ1) is 11.6. The Balaban J connectivity index is 1.50. The summed E-state index contributed by atoms with van der Waals surface area (Å²) in [5.74, 6) is 1.21. The maximum atomic E-state index is 12.3. The first-order valence-electron chi connectivity index (χ1n) is 8.23. The van der Waals surface area contributed by atoms with Crippen LogP contribution in [0, 0.1) is 6.92 Å². The number of aromatic nitrogens is 1. The van der Waals surface area contributed by atoms with Crippen LogP contribution < -0.4 is 20.1 Å². The molecule has 1 aromatic carbocycles. The average molecular weight is 391 g/mol. The normalized spacial score (nSPS) is 15.3. The van der Waals surface area contributed by atoms with Crippen molar-refractivity contribution in [2.24, 2.45) is 0 Å². The number of carbonyl (C=O) groups is 1. The maximum absolute atomic E-state index is 12.3. The summed E-state index contributed by atoms with van der Waals surface area (Å²) in [6.07, 6.45) is 1.95. The van der Waals surface area contributed by atoms with E-state index in [4.69, 9.17) is 0 Å². The summed E-state index contributed by atoms with van der Waals surface area (Å²) in [4.78, 5) is 19.2. The zero-order chi connectivity index (χ0) is 16.9. The molecule has 2 aromatic rings. The molecule has 0 spiro atoms. The minimum atomic E-state index is 0.0641. The summed E-state index contributed by atoms with van der Waals surface area (Å²) in [6.45, 7) is 6.38. The number of aromatic amines is 1. The van der Waals surface area contributed by atoms with Gasteiger partial charge in [0.25, 0.3) is 11.7 Å². The number of rotatable bonds is 4. The van der Waals surface area contributed by atoms with Crippen LogP contribution in [0.3, 0.4) is 0 Å². The van der Waals surface area contributed by atoms with Crippen molar-refractivity contribution >= 4 is 33.3 Å². The third kappa shape index (κ3) is 4.33. The first kappa shape index (κ1) is 16.9. The molecule has 3 rings (SSSR count). The van der Waals surface area contributed by atoms with Gasteiger partial charge in [0, 0.05) is 10.5 Å². The number of H-pyrrole nitrogens is 1. The van der Waals surface area contributed by atoms with E-state index in [9.17, 15) is 4.79 Å². The van der Waals surface area contributed by atoms with Crippen molar-refractivity contribution in [3.63, 3.8) is 0 Å². The Morgan fingerprint density at radius 2 is 2.08 bits per heavy atom. The highest BCUT2D eigenvalue weighted by Crippen LogP contribution is 2.23. The highest BCUT2D eigenvalue weighted by molar-refractivity contribution is 9.10. The highest BCUT2D eigenvalue weighted by Gasteiger charge is 2.27. The van der Waals surface area contributed by atoms with Crippen molar-refractivity contribution in [2.75, 3.05) is 42.9 Å². The molecule has 1 saturated heterocycles. The number of benzene rings is 1. The van der Waals surface area contributed by atoms with E-state index in [0.717, 1.165) is 42.2 Å². The molecule has 1 aliphatic rings. The summed E-state index contributed by atoms with van der Waals surface area (Å²) in [5.41, 5.74) is 2.00. The molecule has 0 unspecified atom stereocenters. The number of amides is 1. The molecule has 1 aliphatic heterocycles. The number of nitrogens with zero attached hydrogens (tertiary/aromatic N) is 1. The van der Waals surface area contributed by atoms with Gasteiger partial charge in [0.05, 0.1) is 11.9 Å². The lowest BCUT2D eigenvalue weighted by Crippen LogP contribution is -3.15. The van der Waals surface area contributed by atoms with Crippen molar-refractivity contribution in [1.29, 1.82) is 0 Å². The molecule has 6 heteroatoms. The van der Waals surface area contributed by atoms with Crippen LogP contribution in [-0.2, 0) is 4.79 Å². The standard InChI is InChI=1S/C18H21BrN4O/c1-14-5-6-16(15(19)12-14)21-18(24)13-22-8-10-23(11-9-22)17-4-2-3-7-20-17/h2-7,12H,8-11,13H2,1H3,(H,21,24)/p+2. The number of hydrogen-bond acceptors (Lipinski definition) is 2. The number of nitrogens with one attached hydrogen (secondary N) is 3. The second-order valence-electron chi connectivity index (χ2n) is 6.19. The lowest BCUT2D eigenvalue weighted by molar-refractivity contribution is -0.892. The topological polar surface area (TPSA) is 50.9 Å². The second kappa shape index (κ2) is 7.77. The number of pyridine rings is 1. The van der Waals surface area contributed by atoms with Crippen LogP contribution in [-0.4, -0.2) is 38.6 Å². The van der Waals surface area contributed by atoms with Crippen LogP contribution in [0.2, 0.25) is 0 Å². The summed E-state index contributed by atoms with van der Waals surface area (Å²) < 4.78 is 0.926. The quantitative estimate of drug-likeness (QED) is 0.815. The van der Waals surface area contributed by atoms with E-state index in [1.807, 2.05) is 43.5 Å². The fraction of sp³-hybridized carbons (Fsp3) is 0.333. The number of halogens is 1. The lowest BCUT2D eigenvalue weighted by atomic mass is 10.2. The van der Waals surface area contributed by atoms with E-state index in [1.165, 1.54) is 10.5 Å². The van der Waals surface area contributed by atoms with E-state index < -0.39 is 0 Å². The lowest BCUT2D eigenvalue weighted by Gasteiger charge is -2.27. The third-order valence-electron chi connectivity index (χ3n) is 4.31. The third-order valence-corrected chi connectivity index (χ3v) is 4.97. The zero-order valence-electron chi connectivity index (χ0n) is 13.8. The largest absolute Gasteiger partial charge is 0.321 e. The predicted molar refractivity (Wildman–Crippen MR) is 98.3 cm³/mol. The molecule has 126 valence electrons. The van der Waals surface area contributed by atoms with Crippen molar-refractivity contribution in [1.82, 2.24) is 0 Å². The number of carbonyl (C=O) groups excluding carboxylic acids is 1. The van der Waals surface area contributed by atoms with Gasteiger partial charge in [0.1, 0.15) is 26.2 Å². The van der Waals surface area contributed by atoms with Crippen LogP contribution in [0.5, 0.6) is 0 Å². The molecule has 1 fully saturated rings. The summed E-state index contributed by atoms with van der Waals surface area (Å²) in [5, 5.41) is 3.00. The molecule has 2 heterocycles. The molecule has 0 radical (unpaired) electrons. The van der Waals surface area contributed by atoms with Crippen LogP contribution in [0.1, 0.15) is 5.56 Å². The molecule has 0 saturated carbocycles. The van der Waals surface area contributed by atoms with E-state index in [2.05, 4.69) is 37.2 Å². The Labute approximate surface area is 150 Å². The first-order valence-corrected chi connectivity index (χ1v) is 9.02. The summed E-state index contributed by atoms with van der Waals surface area (Å²) in [7, 11) is 0. The second-order valence-corrected chi connectivity index (χ2v) is 7.05. The van der Waals surface area contributed by atoms with Crippen LogP contribution in [0.4, 0.5) is 11.5 Å². The molecule has 1 aromatic heterocycles. The Kier molecular flexibility index (Phi) is 5.48. The monoisotopic (exact) mass is 390 g/mol. The average Bonchev–Trinajstić information content (AvgIpc) is 2.59. The number of piperazine rings is 1. The van der Waals surface area contributed by atoms with Gasteiger partial charge in [-0.3, -0.25) is 9.69 Å². The zero-order valence-corrected chi connectivity index (χ0v) is 15.4. The van der Waals surface area contributed by atoms with E-state index in [0.29, 0.717) is 6.54 Å².